The molecule has 0 amide bonds. The van der Waals surface area contributed by atoms with Gasteiger partial charge in [-0.25, -0.2) is 9.97 Å². The first-order valence-corrected chi connectivity index (χ1v) is 5.59. The van der Waals surface area contributed by atoms with Crippen LogP contribution in [0.3, 0.4) is 0 Å². The molecule has 4 nitrogen and oxygen atoms in total. The lowest BCUT2D eigenvalue weighted by molar-refractivity contribution is -0.00901. The van der Waals surface area contributed by atoms with Gasteiger partial charge in [0.25, 0.3) is 0 Å². The van der Waals surface area contributed by atoms with Crippen LogP contribution in [-0.2, 0) is 10.3 Å². The largest absolute Gasteiger partial charge is 0.383 e. The predicted octanol–water partition coefficient (Wildman–Crippen LogP) is 2.40. The van der Waals surface area contributed by atoms with Crippen molar-refractivity contribution in [2.45, 2.75) is 32.8 Å². The Morgan fingerprint density at radius 1 is 1.47 bits per heavy atom. The zero-order valence-electron chi connectivity index (χ0n) is 9.47. The first kappa shape index (κ1) is 12.4. The summed E-state index contributed by atoms with van der Waals surface area (Å²) in [5.41, 5.74) is 6.13. The maximum atomic E-state index is 5.77. The molecule has 0 radical (unpaired) electrons. The topological polar surface area (TPSA) is 61.0 Å². The molecule has 1 heterocycles. The molecule has 0 aromatic carbocycles. The number of halogens is 1. The van der Waals surface area contributed by atoms with Gasteiger partial charge in [-0.1, -0.05) is 6.92 Å². The van der Waals surface area contributed by atoms with Crippen molar-refractivity contribution in [1.82, 2.24) is 9.97 Å². The Bertz CT molecular complexity index is 341. The monoisotopic (exact) mass is 273 g/mol. The Balaban J connectivity index is 3.27. The predicted molar refractivity (Wildman–Crippen MR) is 63.5 cm³/mol. The standard InChI is InChI=1S/C10H16BrN3O/c1-5-10(3,15-4)9-13-6(2)7(11)8(12)14-9/h5H2,1-4H3,(H2,12,13,14). The van der Waals surface area contributed by atoms with Crippen LogP contribution in [0.4, 0.5) is 5.82 Å². The molecule has 0 fully saturated rings. The number of aromatic nitrogens is 2. The van der Waals surface area contributed by atoms with Crippen molar-refractivity contribution in [3.8, 4) is 0 Å². The van der Waals surface area contributed by atoms with Gasteiger partial charge in [0.2, 0.25) is 0 Å². The van der Waals surface area contributed by atoms with E-state index in [1.807, 2.05) is 20.8 Å². The molecule has 2 N–H and O–H groups in total. The van der Waals surface area contributed by atoms with Crippen molar-refractivity contribution >= 4 is 21.7 Å². The molecule has 1 atom stereocenters. The number of nitrogens with two attached hydrogens (primary N) is 1. The van der Waals surface area contributed by atoms with Crippen molar-refractivity contribution in [2.75, 3.05) is 12.8 Å². The van der Waals surface area contributed by atoms with Crippen LogP contribution in [0.2, 0.25) is 0 Å². The first-order valence-electron chi connectivity index (χ1n) is 4.80. The van der Waals surface area contributed by atoms with Gasteiger partial charge in [0.15, 0.2) is 5.82 Å². The molecule has 15 heavy (non-hydrogen) atoms. The van der Waals surface area contributed by atoms with Crippen molar-refractivity contribution < 1.29 is 4.74 Å². The molecule has 0 aliphatic heterocycles. The lowest BCUT2D eigenvalue weighted by Gasteiger charge is -2.25. The summed E-state index contributed by atoms with van der Waals surface area (Å²) >= 11 is 3.33. The van der Waals surface area contributed by atoms with E-state index in [0.717, 1.165) is 16.6 Å². The molecule has 0 aliphatic carbocycles. The fourth-order valence-corrected chi connectivity index (χ4v) is 1.39. The van der Waals surface area contributed by atoms with E-state index in [4.69, 9.17) is 10.5 Å². The highest BCUT2D eigenvalue weighted by Gasteiger charge is 2.28. The van der Waals surface area contributed by atoms with Gasteiger partial charge in [0, 0.05) is 7.11 Å². The molecule has 0 aliphatic rings. The van der Waals surface area contributed by atoms with Crippen LogP contribution < -0.4 is 5.73 Å². The summed E-state index contributed by atoms with van der Waals surface area (Å²) in [7, 11) is 1.65. The molecule has 0 spiro atoms. The highest BCUT2D eigenvalue weighted by molar-refractivity contribution is 9.10. The van der Waals surface area contributed by atoms with Crippen molar-refractivity contribution in [3.63, 3.8) is 0 Å². The average molecular weight is 274 g/mol. The Labute approximate surface area is 98.4 Å². The summed E-state index contributed by atoms with van der Waals surface area (Å²) in [6, 6.07) is 0. The molecule has 0 saturated heterocycles. The van der Waals surface area contributed by atoms with E-state index >= 15 is 0 Å². The average Bonchev–Trinajstić information content (AvgIpc) is 2.24. The second-order valence-electron chi connectivity index (χ2n) is 3.62. The summed E-state index contributed by atoms with van der Waals surface area (Å²) in [4.78, 5) is 8.63. The van der Waals surface area contributed by atoms with Crippen LogP contribution >= 0.6 is 15.9 Å². The third-order valence-corrected chi connectivity index (χ3v) is 3.62. The number of anilines is 1. The SMILES string of the molecule is CCC(C)(OC)c1nc(C)c(Br)c(N)n1. The molecular weight excluding hydrogens is 258 g/mol. The fourth-order valence-electron chi connectivity index (χ4n) is 1.21. The molecule has 0 saturated carbocycles. The normalized spacial score (nSPS) is 15.0. The third kappa shape index (κ3) is 2.29. The molecule has 84 valence electrons. The number of aryl methyl sites for hydroxylation is 1. The minimum atomic E-state index is -0.473. The number of nitrogens with zero attached hydrogens (tertiary/aromatic N) is 2. The summed E-state index contributed by atoms with van der Waals surface area (Å²) in [5.74, 6) is 1.08. The molecule has 1 rings (SSSR count). The summed E-state index contributed by atoms with van der Waals surface area (Å²) in [6.45, 7) is 5.87. The summed E-state index contributed by atoms with van der Waals surface area (Å²) in [5, 5.41) is 0. The summed E-state index contributed by atoms with van der Waals surface area (Å²) < 4.78 is 6.18. The number of nitrogen functional groups attached to an aromatic ring is 1. The van der Waals surface area contributed by atoms with Gasteiger partial charge < -0.3 is 10.5 Å². The summed E-state index contributed by atoms with van der Waals surface area (Å²) in [6.07, 6.45) is 0.796. The maximum absolute atomic E-state index is 5.77. The van der Waals surface area contributed by atoms with Crippen LogP contribution in [0.25, 0.3) is 0 Å². The molecule has 1 aromatic heterocycles. The van der Waals surface area contributed by atoms with Crippen molar-refractivity contribution in [2.24, 2.45) is 0 Å². The van der Waals surface area contributed by atoms with Gasteiger partial charge in [0.05, 0.1) is 10.2 Å². The van der Waals surface area contributed by atoms with E-state index in [-0.39, 0.29) is 0 Å². The first-order chi connectivity index (χ1) is 6.94. The zero-order chi connectivity index (χ0) is 11.6. The van der Waals surface area contributed by atoms with E-state index < -0.39 is 5.60 Å². The minimum absolute atomic E-state index is 0.453. The Kier molecular flexibility index (Phi) is 3.67. The fraction of sp³-hybridized carbons (Fsp3) is 0.600. The number of ether oxygens (including phenoxy) is 1. The van der Waals surface area contributed by atoms with Gasteiger partial charge in [-0.05, 0) is 36.2 Å². The minimum Gasteiger partial charge on any atom is -0.383 e. The van der Waals surface area contributed by atoms with E-state index in [1.54, 1.807) is 7.11 Å². The number of rotatable bonds is 3. The Morgan fingerprint density at radius 3 is 2.47 bits per heavy atom. The number of methoxy groups -OCH3 is 1. The smallest absolute Gasteiger partial charge is 0.162 e. The zero-order valence-corrected chi connectivity index (χ0v) is 11.1. The van der Waals surface area contributed by atoms with Crippen LogP contribution in [0, 0.1) is 6.92 Å². The molecular formula is C10H16BrN3O. The van der Waals surface area contributed by atoms with Crippen LogP contribution in [-0.4, -0.2) is 17.1 Å². The molecule has 5 heteroatoms. The van der Waals surface area contributed by atoms with Crippen molar-refractivity contribution in [1.29, 1.82) is 0 Å². The van der Waals surface area contributed by atoms with E-state index in [9.17, 15) is 0 Å². The van der Waals surface area contributed by atoms with Crippen LogP contribution in [0.15, 0.2) is 4.47 Å². The number of hydrogen-bond donors (Lipinski definition) is 1. The Morgan fingerprint density at radius 2 is 2.07 bits per heavy atom. The van der Waals surface area contributed by atoms with E-state index in [2.05, 4.69) is 25.9 Å². The quantitative estimate of drug-likeness (QED) is 0.919. The lowest BCUT2D eigenvalue weighted by atomic mass is 10.0. The molecule has 1 unspecified atom stereocenters. The second-order valence-corrected chi connectivity index (χ2v) is 4.41. The second kappa shape index (κ2) is 4.45. The van der Waals surface area contributed by atoms with E-state index in [0.29, 0.717) is 11.6 Å². The van der Waals surface area contributed by atoms with Crippen LogP contribution in [0.1, 0.15) is 31.8 Å². The molecule has 0 bridgehead atoms. The maximum Gasteiger partial charge on any atom is 0.162 e. The van der Waals surface area contributed by atoms with Gasteiger partial charge in [-0.15, -0.1) is 0 Å². The van der Waals surface area contributed by atoms with Gasteiger partial charge in [0.1, 0.15) is 11.4 Å². The third-order valence-electron chi connectivity index (χ3n) is 2.64. The van der Waals surface area contributed by atoms with Gasteiger partial charge >= 0.3 is 0 Å². The van der Waals surface area contributed by atoms with Crippen LogP contribution in [0.5, 0.6) is 0 Å². The van der Waals surface area contributed by atoms with Gasteiger partial charge in [-0.2, -0.15) is 0 Å². The number of hydrogen-bond acceptors (Lipinski definition) is 4. The van der Waals surface area contributed by atoms with E-state index in [1.165, 1.54) is 0 Å². The lowest BCUT2D eigenvalue weighted by Crippen LogP contribution is -2.27. The van der Waals surface area contributed by atoms with Crippen molar-refractivity contribution in [3.05, 3.63) is 16.0 Å². The van der Waals surface area contributed by atoms with Gasteiger partial charge in [-0.3, -0.25) is 0 Å². The molecule has 1 aromatic rings. The highest BCUT2D eigenvalue weighted by atomic mass is 79.9. The Hall–Kier alpha value is -0.680. The highest BCUT2D eigenvalue weighted by Crippen LogP contribution is 2.29.